The Kier molecular flexibility index (Phi) is 5.15. The van der Waals surface area contributed by atoms with Gasteiger partial charge in [0, 0.05) is 7.05 Å². The number of rotatable bonds is 4. The molecule has 7 heteroatoms. The zero-order chi connectivity index (χ0) is 22.4. The molecule has 1 heterocycles. The van der Waals surface area contributed by atoms with E-state index in [1.807, 2.05) is 26.8 Å². The van der Waals surface area contributed by atoms with Crippen LogP contribution < -0.4 is 11.1 Å². The first-order valence-corrected chi connectivity index (χ1v) is 11.0. The number of benzene rings is 1. The monoisotopic (exact) mass is 425 g/mol. The van der Waals surface area contributed by atoms with Gasteiger partial charge in [-0.2, -0.15) is 5.26 Å². The maximum Gasteiger partial charge on any atom is 0.419 e. The summed E-state index contributed by atoms with van der Waals surface area (Å²) in [4.78, 5) is 24.0. The van der Waals surface area contributed by atoms with E-state index in [2.05, 4.69) is 23.5 Å². The van der Waals surface area contributed by atoms with E-state index in [0.29, 0.717) is 12.0 Å². The number of ether oxygens (including phenoxy) is 1. The molecule has 1 aromatic carbocycles. The van der Waals surface area contributed by atoms with Gasteiger partial charge in [-0.3, -0.25) is 4.57 Å². The predicted octanol–water partition coefficient (Wildman–Crippen LogP) is 4.53. The summed E-state index contributed by atoms with van der Waals surface area (Å²) in [5, 5.41) is 12.4. The maximum absolute atomic E-state index is 12.1. The molecule has 166 valence electrons. The lowest BCUT2D eigenvalue weighted by molar-refractivity contribution is 0.0236. The third-order valence-electron chi connectivity index (χ3n) is 7.29. The molecule has 3 aliphatic rings. The van der Waals surface area contributed by atoms with E-state index in [4.69, 9.17) is 9.15 Å². The van der Waals surface area contributed by atoms with Crippen LogP contribution >= 0.6 is 0 Å². The molecule has 3 saturated carbocycles. The Morgan fingerprint density at radius 1 is 1.26 bits per heavy atom. The van der Waals surface area contributed by atoms with E-state index in [9.17, 15) is 14.9 Å². The molecule has 0 saturated heterocycles. The summed E-state index contributed by atoms with van der Waals surface area (Å²) in [7, 11) is 1.74. The smallest absolute Gasteiger partial charge is 0.419 e. The lowest BCUT2D eigenvalue weighted by atomic mass is 9.50. The van der Waals surface area contributed by atoms with Crippen molar-refractivity contribution in [2.75, 3.05) is 0 Å². The maximum atomic E-state index is 12.1. The van der Waals surface area contributed by atoms with Crippen molar-refractivity contribution in [3.8, 4) is 6.07 Å². The number of hydrogen-bond donors (Lipinski definition) is 1. The van der Waals surface area contributed by atoms with Crippen LogP contribution in [0.3, 0.4) is 0 Å². The van der Waals surface area contributed by atoms with E-state index >= 15 is 0 Å². The summed E-state index contributed by atoms with van der Waals surface area (Å²) in [6.07, 6.45) is 6.37. The van der Waals surface area contributed by atoms with Gasteiger partial charge in [0.1, 0.15) is 11.6 Å². The van der Waals surface area contributed by atoms with Gasteiger partial charge in [0.25, 0.3) is 0 Å². The van der Waals surface area contributed by atoms with Gasteiger partial charge in [0.05, 0.1) is 11.6 Å². The molecule has 0 aliphatic heterocycles. The molecule has 3 fully saturated rings. The third kappa shape index (κ3) is 4.08. The minimum absolute atomic E-state index is 0.0871. The van der Waals surface area contributed by atoms with Crippen LogP contribution in [0.2, 0.25) is 0 Å². The largest absolute Gasteiger partial charge is 0.444 e. The Morgan fingerprint density at radius 3 is 2.48 bits per heavy atom. The lowest BCUT2D eigenvalue weighted by Gasteiger charge is -2.54. The first-order valence-electron chi connectivity index (χ1n) is 11.0. The van der Waals surface area contributed by atoms with Crippen LogP contribution in [-0.4, -0.2) is 22.3 Å². The van der Waals surface area contributed by atoms with E-state index in [1.54, 1.807) is 11.6 Å². The molecule has 0 radical (unpaired) electrons. The Balaban J connectivity index is 1.46. The molecule has 1 amide bonds. The summed E-state index contributed by atoms with van der Waals surface area (Å²) >= 11 is 0. The van der Waals surface area contributed by atoms with Crippen LogP contribution in [0.1, 0.15) is 71.3 Å². The van der Waals surface area contributed by atoms with Gasteiger partial charge in [0.2, 0.25) is 0 Å². The van der Waals surface area contributed by atoms with Gasteiger partial charge < -0.3 is 14.5 Å². The highest BCUT2D eigenvalue weighted by Gasteiger charge is 2.50. The highest BCUT2D eigenvalue weighted by molar-refractivity contribution is 5.74. The van der Waals surface area contributed by atoms with Crippen LogP contribution in [0, 0.1) is 16.7 Å². The van der Waals surface area contributed by atoms with Crippen molar-refractivity contribution in [1.82, 2.24) is 9.88 Å². The second-order valence-corrected chi connectivity index (χ2v) is 10.4. The van der Waals surface area contributed by atoms with Gasteiger partial charge >= 0.3 is 11.8 Å². The minimum atomic E-state index is -0.586. The molecular weight excluding hydrogens is 394 g/mol. The molecule has 31 heavy (non-hydrogen) atoms. The molecule has 1 unspecified atom stereocenters. The zero-order valence-electron chi connectivity index (χ0n) is 18.8. The first kappa shape index (κ1) is 21.5. The topological polar surface area (TPSA) is 97.3 Å². The van der Waals surface area contributed by atoms with Crippen LogP contribution in [0.5, 0.6) is 0 Å². The van der Waals surface area contributed by atoms with Crippen molar-refractivity contribution >= 4 is 17.2 Å². The number of alkyl carbamates (subject to hydrolysis) is 1. The van der Waals surface area contributed by atoms with Crippen LogP contribution in [0.4, 0.5) is 4.79 Å². The number of carbonyl (C=O) groups excluding carboxylic acids is 1. The van der Waals surface area contributed by atoms with Crippen molar-refractivity contribution in [2.24, 2.45) is 12.5 Å². The molecule has 0 spiro atoms. The van der Waals surface area contributed by atoms with Crippen LogP contribution in [-0.2, 0) is 17.2 Å². The number of fused-ring (bicyclic) bond motifs is 4. The molecular formula is C24H31N3O4. The second-order valence-electron chi connectivity index (χ2n) is 10.4. The summed E-state index contributed by atoms with van der Waals surface area (Å²) in [6, 6.07) is 7.84. The molecule has 7 nitrogen and oxygen atoms in total. The highest BCUT2D eigenvalue weighted by Crippen LogP contribution is 2.59. The second kappa shape index (κ2) is 7.44. The van der Waals surface area contributed by atoms with Crippen molar-refractivity contribution in [3.05, 3.63) is 34.3 Å². The number of carbonyl (C=O) groups is 1. The number of nitriles is 1. The Hall–Kier alpha value is -2.75. The Morgan fingerprint density at radius 2 is 1.90 bits per heavy atom. The average Bonchev–Trinajstić information content (AvgIpc) is 3.00. The molecule has 1 N–H and O–H groups in total. The van der Waals surface area contributed by atoms with Gasteiger partial charge in [0.15, 0.2) is 5.58 Å². The number of oxazole rings is 1. The van der Waals surface area contributed by atoms with Crippen LogP contribution in [0.25, 0.3) is 11.1 Å². The number of aromatic nitrogens is 1. The van der Waals surface area contributed by atoms with Crippen molar-refractivity contribution < 1.29 is 13.9 Å². The van der Waals surface area contributed by atoms with Gasteiger partial charge in [-0.1, -0.05) is 6.07 Å². The van der Waals surface area contributed by atoms with Crippen molar-refractivity contribution in [1.29, 1.82) is 5.26 Å². The van der Waals surface area contributed by atoms with Crippen LogP contribution in [0.15, 0.2) is 27.4 Å². The molecule has 1 atom stereocenters. The fraction of sp³-hybridized carbons (Fsp3) is 0.625. The van der Waals surface area contributed by atoms with E-state index in [0.717, 1.165) is 44.0 Å². The number of hydrogen-bond acceptors (Lipinski definition) is 5. The standard InChI is InChI=1S/C24H31N3O4/c1-22(2,3)31-20(28)26-17(15-25)14-23-7-10-24(11-8-23,12-9-23)16-5-6-19-18(13-16)27(4)21(29)30-19/h5-6,13,17H,7-12,14H2,1-4H3,(H,26,28). The summed E-state index contributed by atoms with van der Waals surface area (Å²) in [6.45, 7) is 5.44. The average molecular weight is 426 g/mol. The number of nitrogens with one attached hydrogen (secondary N) is 1. The fourth-order valence-corrected chi connectivity index (χ4v) is 5.47. The number of nitrogens with zero attached hydrogens (tertiary/aromatic N) is 2. The van der Waals surface area contributed by atoms with Gasteiger partial charge in [-0.15, -0.1) is 0 Å². The summed E-state index contributed by atoms with van der Waals surface area (Å²) < 4.78 is 12.2. The SMILES string of the molecule is Cn1c(=O)oc2ccc(C34CCC(CC(C#N)NC(=O)OC(C)(C)C)(CC3)CC4)cc21. The fourth-order valence-electron chi connectivity index (χ4n) is 5.47. The normalized spacial score (nSPS) is 26.4. The third-order valence-corrected chi connectivity index (χ3v) is 7.29. The number of amides is 1. The van der Waals surface area contributed by atoms with E-state index in [-0.39, 0.29) is 16.6 Å². The number of aryl methyl sites for hydroxylation is 1. The zero-order valence-corrected chi connectivity index (χ0v) is 18.8. The Labute approximate surface area is 182 Å². The van der Waals surface area contributed by atoms with Gasteiger partial charge in [-0.05, 0) is 94.2 Å². The highest BCUT2D eigenvalue weighted by atomic mass is 16.6. The quantitative estimate of drug-likeness (QED) is 0.776. The summed E-state index contributed by atoms with van der Waals surface area (Å²) in [5.74, 6) is -0.337. The molecule has 1 aromatic heterocycles. The minimum Gasteiger partial charge on any atom is -0.444 e. The Bertz CT molecular complexity index is 1070. The van der Waals surface area contributed by atoms with Crippen molar-refractivity contribution in [3.63, 3.8) is 0 Å². The van der Waals surface area contributed by atoms with Gasteiger partial charge in [-0.25, -0.2) is 9.59 Å². The van der Waals surface area contributed by atoms with Crippen molar-refractivity contribution in [2.45, 2.75) is 82.8 Å². The molecule has 3 aliphatic carbocycles. The molecule has 2 aromatic rings. The van der Waals surface area contributed by atoms with E-state index in [1.165, 1.54) is 5.56 Å². The van der Waals surface area contributed by atoms with E-state index < -0.39 is 17.7 Å². The molecule has 5 rings (SSSR count). The predicted molar refractivity (Wildman–Crippen MR) is 117 cm³/mol. The molecule has 2 bridgehead atoms. The summed E-state index contributed by atoms with van der Waals surface area (Å²) in [5.41, 5.74) is 2.35. The lowest BCUT2D eigenvalue weighted by Crippen LogP contribution is -2.48. The first-order chi connectivity index (χ1) is 14.5.